The fourth-order valence-electron chi connectivity index (χ4n) is 4.43. The Balaban J connectivity index is 1.45. The topological polar surface area (TPSA) is 76.8 Å². The lowest BCUT2D eigenvalue weighted by Crippen LogP contribution is -2.32. The molecule has 0 fully saturated rings. The van der Waals surface area contributed by atoms with Crippen LogP contribution < -0.4 is 19.7 Å². The molecule has 0 saturated carbocycles. The molecule has 1 amide bonds. The zero-order chi connectivity index (χ0) is 25.7. The van der Waals surface area contributed by atoms with Crippen LogP contribution in [-0.4, -0.2) is 27.1 Å². The SMILES string of the molecule is CCOc1ccc(-c2nc3s/c(=C4\C(=O)N(Cc5ccc(C)cc5)c5ccc(Br)cc54)c(=O)n3n2)cc1. The highest BCUT2D eigenvalue weighted by molar-refractivity contribution is 9.10. The number of hydrogen-bond donors (Lipinski definition) is 0. The highest BCUT2D eigenvalue weighted by atomic mass is 79.9. The van der Waals surface area contributed by atoms with Crippen LogP contribution in [0.15, 0.2) is 76.0 Å². The van der Waals surface area contributed by atoms with Crippen LogP contribution in [0.3, 0.4) is 0 Å². The normalized spacial score (nSPS) is 14.5. The van der Waals surface area contributed by atoms with Crippen LogP contribution in [0.2, 0.25) is 0 Å². The van der Waals surface area contributed by atoms with Crippen molar-refractivity contribution in [1.82, 2.24) is 14.6 Å². The molecule has 5 aromatic rings. The smallest absolute Gasteiger partial charge is 0.291 e. The van der Waals surface area contributed by atoms with Gasteiger partial charge in [-0.2, -0.15) is 9.50 Å². The van der Waals surface area contributed by atoms with E-state index in [4.69, 9.17) is 4.74 Å². The number of carbonyl (C=O) groups excluding carboxylic acids is 1. The lowest BCUT2D eigenvalue weighted by Gasteiger charge is -2.17. The van der Waals surface area contributed by atoms with E-state index < -0.39 is 0 Å². The number of aryl methyl sites for hydroxylation is 1. The zero-order valence-electron chi connectivity index (χ0n) is 20.1. The standard InChI is InChI=1S/C28H21BrN4O3S/c1-3-36-20-11-8-18(9-12-20)25-30-28-33(31-25)27(35)24(37-28)23-21-14-19(29)10-13-22(21)32(26(23)34)15-17-6-4-16(2)5-7-17/h4-14H,3,15H2,1-2H3/b24-23-. The fraction of sp³-hybridized carbons (Fsp3) is 0.143. The Morgan fingerprint density at radius 1 is 1.00 bits per heavy atom. The molecule has 0 unspecified atom stereocenters. The molecule has 9 heteroatoms. The van der Waals surface area contributed by atoms with Crippen molar-refractivity contribution in [2.45, 2.75) is 20.4 Å². The Kier molecular flexibility index (Phi) is 5.89. The molecule has 0 bridgehead atoms. The first kappa shape index (κ1) is 23.6. The minimum Gasteiger partial charge on any atom is -0.494 e. The molecule has 0 radical (unpaired) electrons. The third kappa shape index (κ3) is 4.14. The molecule has 0 atom stereocenters. The Morgan fingerprint density at radius 3 is 2.46 bits per heavy atom. The Bertz CT molecular complexity index is 1780. The summed E-state index contributed by atoms with van der Waals surface area (Å²) in [5, 5.41) is 4.46. The first-order valence-electron chi connectivity index (χ1n) is 11.8. The zero-order valence-corrected chi connectivity index (χ0v) is 22.5. The molecule has 184 valence electrons. The molecule has 6 rings (SSSR count). The van der Waals surface area contributed by atoms with Gasteiger partial charge in [0, 0.05) is 15.6 Å². The van der Waals surface area contributed by atoms with Gasteiger partial charge in [0.2, 0.25) is 4.96 Å². The minimum absolute atomic E-state index is 0.206. The lowest BCUT2D eigenvalue weighted by atomic mass is 10.1. The van der Waals surface area contributed by atoms with Crippen molar-refractivity contribution in [3.8, 4) is 17.1 Å². The van der Waals surface area contributed by atoms with Gasteiger partial charge in [-0.05, 0) is 61.9 Å². The van der Waals surface area contributed by atoms with Crippen molar-refractivity contribution >= 4 is 49.4 Å². The van der Waals surface area contributed by atoms with E-state index in [9.17, 15) is 9.59 Å². The first-order valence-corrected chi connectivity index (χ1v) is 13.4. The highest BCUT2D eigenvalue weighted by Crippen LogP contribution is 2.38. The van der Waals surface area contributed by atoms with Gasteiger partial charge in [-0.15, -0.1) is 5.10 Å². The molecule has 0 spiro atoms. The van der Waals surface area contributed by atoms with Crippen molar-refractivity contribution in [2.75, 3.05) is 11.5 Å². The highest BCUT2D eigenvalue weighted by Gasteiger charge is 2.34. The van der Waals surface area contributed by atoms with Crippen molar-refractivity contribution in [2.24, 2.45) is 0 Å². The molecule has 0 saturated heterocycles. The van der Waals surface area contributed by atoms with E-state index >= 15 is 0 Å². The quantitative estimate of drug-likeness (QED) is 0.303. The Labute approximate surface area is 224 Å². The van der Waals surface area contributed by atoms with Crippen LogP contribution in [0.1, 0.15) is 23.6 Å². The van der Waals surface area contributed by atoms with Gasteiger partial charge in [-0.3, -0.25) is 9.59 Å². The number of anilines is 1. The molecule has 0 aliphatic carbocycles. The van der Waals surface area contributed by atoms with Gasteiger partial charge in [0.15, 0.2) is 5.82 Å². The minimum atomic E-state index is -0.351. The monoisotopic (exact) mass is 572 g/mol. The predicted molar refractivity (Wildman–Crippen MR) is 148 cm³/mol. The van der Waals surface area contributed by atoms with Crippen molar-refractivity contribution < 1.29 is 9.53 Å². The summed E-state index contributed by atoms with van der Waals surface area (Å²) in [5.74, 6) is 1.00. The van der Waals surface area contributed by atoms with E-state index in [1.54, 1.807) is 4.90 Å². The first-order chi connectivity index (χ1) is 17.9. The Morgan fingerprint density at radius 2 is 1.76 bits per heavy atom. The number of carbonyl (C=O) groups is 1. The molecule has 1 aliphatic rings. The molecular formula is C28H21BrN4O3S. The summed E-state index contributed by atoms with van der Waals surface area (Å²) >= 11 is 4.70. The van der Waals surface area contributed by atoms with E-state index in [0.717, 1.165) is 38.2 Å². The van der Waals surface area contributed by atoms with Gasteiger partial charge in [-0.25, -0.2) is 0 Å². The number of aromatic nitrogens is 3. The third-order valence-corrected chi connectivity index (χ3v) is 7.77. The van der Waals surface area contributed by atoms with Gasteiger partial charge < -0.3 is 9.64 Å². The molecule has 3 aromatic carbocycles. The number of ether oxygens (including phenoxy) is 1. The maximum Gasteiger partial charge on any atom is 0.291 e. The van der Waals surface area contributed by atoms with Crippen molar-refractivity contribution in [1.29, 1.82) is 0 Å². The van der Waals surface area contributed by atoms with Gasteiger partial charge in [0.25, 0.3) is 11.5 Å². The van der Waals surface area contributed by atoms with Crippen LogP contribution in [0, 0.1) is 6.92 Å². The number of thiazole rings is 1. The number of benzene rings is 3. The summed E-state index contributed by atoms with van der Waals surface area (Å²) in [5.41, 5.74) is 4.48. The summed E-state index contributed by atoms with van der Waals surface area (Å²) < 4.78 is 7.95. The molecule has 3 heterocycles. The number of hydrogen-bond acceptors (Lipinski definition) is 6. The summed E-state index contributed by atoms with van der Waals surface area (Å²) in [6.45, 7) is 4.95. The van der Waals surface area contributed by atoms with Gasteiger partial charge in [0.05, 0.1) is 24.4 Å². The second-order valence-corrected chi connectivity index (χ2v) is 10.6. The van der Waals surface area contributed by atoms with E-state index in [1.807, 2.05) is 80.6 Å². The number of nitrogens with zero attached hydrogens (tertiary/aromatic N) is 4. The predicted octanol–water partition coefficient (Wildman–Crippen LogP) is 4.75. The number of fused-ring (bicyclic) bond motifs is 2. The number of rotatable bonds is 5. The summed E-state index contributed by atoms with van der Waals surface area (Å²) in [7, 11) is 0. The van der Waals surface area contributed by atoms with Gasteiger partial charge in [-0.1, -0.05) is 57.1 Å². The molecule has 0 N–H and O–H groups in total. The molecule has 2 aromatic heterocycles. The van der Waals surface area contributed by atoms with E-state index in [0.29, 0.717) is 34.0 Å². The summed E-state index contributed by atoms with van der Waals surface area (Å²) in [6.07, 6.45) is 0. The van der Waals surface area contributed by atoms with E-state index in [2.05, 4.69) is 26.0 Å². The Hall–Kier alpha value is -3.82. The lowest BCUT2D eigenvalue weighted by molar-refractivity contribution is -0.113. The van der Waals surface area contributed by atoms with Crippen LogP contribution in [0.5, 0.6) is 5.75 Å². The largest absolute Gasteiger partial charge is 0.494 e. The summed E-state index contributed by atoms with van der Waals surface area (Å²) in [6, 6.07) is 21.2. The number of amides is 1. The fourth-order valence-corrected chi connectivity index (χ4v) is 5.79. The van der Waals surface area contributed by atoms with Crippen LogP contribution in [0.25, 0.3) is 21.9 Å². The second kappa shape index (κ2) is 9.24. The van der Waals surface area contributed by atoms with Crippen LogP contribution in [0.4, 0.5) is 5.69 Å². The van der Waals surface area contributed by atoms with Crippen LogP contribution in [-0.2, 0) is 11.3 Å². The maximum atomic E-state index is 13.7. The van der Waals surface area contributed by atoms with Crippen molar-refractivity contribution in [3.63, 3.8) is 0 Å². The maximum absolute atomic E-state index is 13.7. The average molecular weight is 573 g/mol. The average Bonchev–Trinajstić information content (AvgIpc) is 3.52. The molecular weight excluding hydrogens is 552 g/mol. The van der Waals surface area contributed by atoms with Crippen LogP contribution >= 0.6 is 27.3 Å². The summed E-state index contributed by atoms with van der Waals surface area (Å²) in [4.78, 5) is 34.0. The van der Waals surface area contributed by atoms with E-state index in [-0.39, 0.29) is 11.5 Å². The van der Waals surface area contributed by atoms with Crippen molar-refractivity contribution in [3.05, 3.63) is 103 Å². The second-order valence-electron chi connectivity index (χ2n) is 8.74. The number of halogens is 1. The molecule has 7 nitrogen and oxygen atoms in total. The van der Waals surface area contributed by atoms with E-state index in [1.165, 1.54) is 15.9 Å². The third-order valence-electron chi connectivity index (χ3n) is 6.25. The van der Waals surface area contributed by atoms with Gasteiger partial charge in [0.1, 0.15) is 10.3 Å². The molecule has 1 aliphatic heterocycles. The molecule has 37 heavy (non-hydrogen) atoms. The van der Waals surface area contributed by atoms with Gasteiger partial charge >= 0.3 is 0 Å².